The number of piperazine rings is 1. The van der Waals surface area contributed by atoms with E-state index in [-0.39, 0.29) is 11.8 Å². The number of benzene rings is 2. The minimum Gasteiger partial charge on any atom is -0.352 e. The molecule has 2 aromatic carbocycles. The van der Waals surface area contributed by atoms with E-state index in [0.29, 0.717) is 18.7 Å². The van der Waals surface area contributed by atoms with Crippen LogP contribution >= 0.6 is 0 Å². The lowest BCUT2D eigenvalue weighted by atomic mass is 10.0. The summed E-state index contributed by atoms with van der Waals surface area (Å²) in [5.41, 5.74) is 2.65. The van der Waals surface area contributed by atoms with E-state index < -0.39 is 6.04 Å². The lowest BCUT2D eigenvalue weighted by Gasteiger charge is -2.35. The summed E-state index contributed by atoms with van der Waals surface area (Å²) in [7, 11) is 0. The van der Waals surface area contributed by atoms with Crippen molar-refractivity contribution in [2.45, 2.75) is 25.4 Å². The van der Waals surface area contributed by atoms with Gasteiger partial charge >= 0.3 is 0 Å². The molecule has 0 aromatic heterocycles. The summed E-state index contributed by atoms with van der Waals surface area (Å²) in [5.74, 6) is -0.198. The van der Waals surface area contributed by atoms with E-state index in [1.165, 1.54) is 12.8 Å². The third-order valence-corrected chi connectivity index (χ3v) is 5.37. The van der Waals surface area contributed by atoms with Gasteiger partial charge < -0.3 is 10.2 Å². The van der Waals surface area contributed by atoms with Gasteiger partial charge in [-0.2, -0.15) is 0 Å². The number of rotatable bonds is 4. The van der Waals surface area contributed by atoms with Crippen molar-refractivity contribution in [3.05, 3.63) is 71.3 Å². The number of carbonyl (C=O) groups is 2. The maximum Gasteiger partial charge on any atom is 0.254 e. The molecule has 2 saturated heterocycles. The van der Waals surface area contributed by atoms with E-state index >= 15 is 0 Å². The Morgan fingerprint density at radius 1 is 1.00 bits per heavy atom. The number of nitrogens with one attached hydrogen (secondary N) is 1. The first-order valence-electron chi connectivity index (χ1n) is 9.67. The normalized spacial score (nSPS) is 20.5. The summed E-state index contributed by atoms with van der Waals surface area (Å²) in [6, 6.07) is 16.8. The zero-order chi connectivity index (χ0) is 18.6. The van der Waals surface area contributed by atoms with Crippen LogP contribution in [0.25, 0.3) is 0 Å². The second-order valence-corrected chi connectivity index (χ2v) is 7.29. The second kappa shape index (κ2) is 7.92. The molecule has 0 saturated carbocycles. The molecule has 140 valence electrons. The minimum absolute atomic E-state index is 0.0815. The largest absolute Gasteiger partial charge is 0.352 e. The average Bonchev–Trinajstić information content (AvgIpc) is 3.21. The van der Waals surface area contributed by atoms with Crippen LogP contribution in [0.3, 0.4) is 0 Å². The first kappa shape index (κ1) is 17.7. The van der Waals surface area contributed by atoms with Crippen molar-refractivity contribution in [2.75, 3.05) is 26.2 Å². The lowest BCUT2D eigenvalue weighted by Crippen LogP contribution is -2.52. The Balaban J connectivity index is 1.57. The molecule has 0 spiro atoms. The molecule has 4 rings (SSSR count). The third kappa shape index (κ3) is 3.88. The van der Waals surface area contributed by atoms with Crippen molar-refractivity contribution < 1.29 is 9.59 Å². The zero-order valence-corrected chi connectivity index (χ0v) is 15.4. The lowest BCUT2D eigenvalue weighted by molar-refractivity contribution is -0.128. The van der Waals surface area contributed by atoms with Gasteiger partial charge in [0, 0.05) is 25.2 Å². The molecule has 2 aliphatic heterocycles. The van der Waals surface area contributed by atoms with Gasteiger partial charge in [-0.05, 0) is 49.2 Å². The van der Waals surface area contributed by atoms with Crippen molar-refractivity contribution in [1.82, 2.24) is 15.1 Å². The molecule has 2 aromatic rings. The van der Waals surface area contributed by atoms with Crippen LogP contribution in [0, 0.1) is 0 Å². The minimum atomic E-state index is -0.574. The Hall–Kier alpha value is -2.66. The van der Waals surface area contributed by atoms with E-state index in [2.05, 4.69) is 16.3 Å². The van der Waals surface area contributed by atoms with Crippen LogP contribution < -0.4 is 5.32 Å². The Morgan fingerprint density at radius 3 is 2.56 bits per heavy atom. The molecular weight excluding hydrogens is 338 g/mol. The van der Waals surface area contributed by atoms with Gasteiger partial charge in [-0.15, -0.1) is 0 Å². The topological polar surface area (TPSA) is 52.7 Å². The molecule has 0 aliphatic carbocycles. The number of nitrogens with zero attached hydrogens (tertiary/aromatic N) is 2. The third-order valence-electron chi connectivity index (χ3n) is 5.37. The number of hydrogen-bond donors (Lipinski definition) is 1. The second-order valence-electron chi connectivity index (χ2n) is 7.29. The van der Waals surface area contributed by atoms with Gasteiger partial charge in [-0.25, -0.2) is 0 Å². The van der Waals surface area contributed by atoms with E-state index in [4.69, 9.17) is 0 Å². The van der Waals surface area contributed by atoms with E-state index in [1.807, 2.05) is 48.5 Å². The Morgan fingerprint density at radius 2 is 1.78 bits per heavy atom. The fourth-order valence-corrected chi connectivity index (χ4v) is 4.02. The van der Waals surface area contributed by atoms with Crippen molar-refractivity contribution in [3.63, 3.8) is 0 Å². The molecule has 5 heteroatoms. The predicted octanol–water partition coefficient (Wildman–Crippen LogP) is 2.60. The summed E-state index contributed by atoms with van der Waals surface area (Å²) >= 11 is 0. The van der Waals surface area contributed by atoms with Crippen LogP contribution in [0.1, 0.15) is 40.4 Å². The van der Waals surface area contributed by atoms with Gasteiger partial charge in [0.1, 0.15) is 6.04 Å². The molecule has 5 nitrogen and oxygen atoms in total. The SMILES string of the molecule is O=C1NCCN(C(=O)c2cccc(CN3CCCC3)c2)C1c1ccccc1. The van der Waals surface area contributed by atoms with Crippen LogP contribution in [0.4, 0.5) is 0 Å². The average molecular weight is 363 g/mol. The summed E-state index contributed by atoms with van der Waals surface area (Å²) in [5, 5.41) is 2.89. The molecule has 2 fully saturated rings. The van der Waals surface area contributed by atoms with Crippen LogP contribution in [0.15, 0.2) is 54.6 Å². The number of carbonyl (C=O) groups excluding carboxylic acids is 2. The Bertz CT molecular complexity index is 815. The summed E-state index contributed by atoms with van der Waals surface area (Å²) < 4.78 is 0. The maximum atomic E-state index is 13.3. The van der Waals surface area contributed by atoms with Crippen molar-refractivity contribution in [3.8, 4) is 0 Å². The summed E-state index contributed by atoms with van der Waals surface area (Å²) in [4.78, 5) is 29.9. The van der Waals surface area contributed by atoms with Crippen LogP contribution in [0.2, 0.25) is 0 Å². The molecule has 1 atom stereocenters. The molecule has 1 unspecified atom stereocenters. The highest BCUT2D eigenvalue weighted by Gasteiger charge is 2.34. The van der Waals surface area contributed by atoms with Gasteiger partial charge in [-0.3, -0.25) is 14.5 Å². The van der Waals surface area contributed by atoms with Crippen LogP contribution in [0.5, 0.6) is 0 Å². The van der Waals surface area contributed by atoms with Gasteiger partial charge in [0.05, 0.1) is 0 Å². The van der Waals surface area contributed by atoms with E-state index in [9.17, 15) is 9.59 Å². The zero-order valence-electron chi connectivity index (χ0n) is 15.4. The molecule has 1 N–H and O–H groups in total. The van der Waals surface area contributed by atoms with Gasteiger partial charge in [0.15, 0.2) is 0 Å². The Kier molecular flexibility index (Phi) is 5.21. The summed E-state index contributed by atoms with van der Waals surface area (Å²) in [6.45, 7) is 4.13. The Labute approximate surface area is 160 Å². The predicted molar refractivity (Wildman–Crippen MR) is 104 cm³/mol. The molecule has 0 bridgehead atoms. The maximum absolute atomic E-state index is 13.3. The highest BCUT2D eigenvalue weighted by atomic mass is 16.2. The first-order valence-corrected chi connectivity index (χ1v) is 9.67. The molecular formula is C22H25N3O2. The van der Waals surface area contributed by atoms with Gasteiger partial charge in [0.25, 0.3) is 5.91 Å². The fourth-order valence-electron chi connectivity index (χ4n) is 4.02. The van der Waals surface area contributed by atoms with E-state index in [0.717, 1.165) is 30.8 Å². The fraction of sp³-hybridized carbons (Fsp3) is 0.364. The van der Waals surface area contributed by atoms with Crippen LogP contribution in [-0.4, -0.2) is 47.8 Å². The first-order chi connectivity index (χ1) is 13.2. The molecule has 2 heterocycles. The molecule has 27 heavy (non-hydrogen) atoms. The molecule has 2 amide bonds. The molecule has 2 aliphatic rings. The standard InChI is InChI=1S/C22H25N3O2/c26-21-20(18-8-2-1-3-9-18)25(14-11-23-21)22(27)19-10-6-7-17(15-19)16-24-12-4-5-13-24/h1-3,6-10,15,20H,4-5,11-14,16H2,(H,23,26). The van der Waals surface area contributed by atoms with Crippen molar-refractivity contribution in [1.29, 1.82) is 0 Å². The summed E-state index contributed by atoms with van der Waals surface area (Å²) in [6.07, 6.45) is 2.50. The molecule has 0 radical (unpaired) electrons. The number of likely N-dealkylation sites (tertiary alicyclic amines) is 1. The van der Waals surface area contributed by atoms with Crippen molar-refractivity contribution in [2.24, 2.45) is 0 Å². The number of hydrogen-bond acceptors (Lipinski definition) is 3. The quantitative estimate of drug-likeness (QED) is 0.908. The highest BCUT2D eigenvalue weighted by molar-refractivity contribution is 5.98. The smallest absolute Gasteiger partial charge is 0.254 e. The van der Waals surface area contributed by atoms with Crippen molar-refractivity contribution >= 4 is 11.8 Å². The van der Waals surface area contributed by atoms with Gasteiger partial charge in [0.2, 0.25) is 5.91 Å². The monoisotopic (exact) mass is 363 g/mol. The number of amides is 2. The van der Waals surface area contributed by atoms with Crippen LogP contribution in [-0.2, 0) is 11.3 Å². The van der Waals surface area contributed by atoms with Gasteiger partial charge in [-0.1, -0.05) is 42.5 Å². The highest BCUT2D eigenvalue weighted by Crippen LogP contribution is 2.25. The van der Waals surface area contributed by atoms with E-state index in [1.54, 1.807) is 4.90 Å².